The van der Waals surface area contributed by atoms with Crippen molar-refractivity contribution in [3.8, 4) is 0 Å². The van der Waals surface area contributed by atoms with E-state index in [0.717, 1.165) is 24.3 Å². The van der Waals surface area contributed by atoms with Crippen LogP contribution in [0.2, 0.25) is 0 Å². The van der Waals surface area contributed by atoms with Gasteiger partial charge in [-0.3, -0.25) is 0 Å². The molecule has 0 aliphatic carbocycles. The summed E-state index contributed by atoms with van der Waals surface area (Å²) in [6.07, 6.45) is 0. The quantitative estimate of drug-likeness (QED) is 0.471. The molecule has 0 radical (unpaired) electrons. The Morgan fingerprint density at radius 3 is 2.12 bits per heavy atom. The van der Waals surface area contributed by atoms with E-state index in [4.69, 9.17) is 8.71 Å². The molecule has 2 N–H and O–H groups in total. The van der Waals surface area contributed by atoms with Gasteiger partial charge in [0.2, 0.25) is 0 Å². The van der Waals surface area contributed by atoms with Crippen LogP contribution in [0, 0.1) is 0 Å². The summed E-state index contributed by atoms with van der Waals surface area (Å²) in [5.41, 5.74) is 0.0682. The Kier molecular flexibility index (Phi) is 3.91. The number of benzene rings is 1. The van der Waals surface area contributed by atoms with Gasteiger partial charge in [-0.1, -0.05) is 0 Å². The van der Waals surface area contributed by atoms with Crippen molar-refractivity contribution in [1.29, 1.82) is 0 Å². The summed E-state index contributed by atoms with van der Waals surface area (Å²) in [5, 5.41) is 5.93. The normalized spacial score (nSPS) is 12.8. The maximum atomic E-state index is 10.7. The zero-order valence-corrected chi connectivity index (χ0v) is 10.0. The summed E-state index contributed by atoms with van der Waals surface area (Å²) >= 11 is -5.41. The molecule has 0 saturated carbocycles. The van der Waals surface area contributed by atoms with Crippen molar-refractivity contribution in [1.82, 2.24) is 0 Å². The van der Waals surface area contributed by atoms with E-state index in [-0.39, 0.29) is 10.6 Å². The zero-order chi connectivity index (χ0) is 13.1. The molecule has 0 amide bonds. The van der Waals surface area contributed by atoms with Gasteiger partial charge in [-0.2, -0.15) is 0 Å². The van der Waals surface area contributed by atoms with Gasteiger partial charge in [0.15, 0.2) is 0 Å². The van der Waals surface area contributed by atoms with E-state index in [9.17, 15) is 16.0 Å². The fraction of sp³-hybridized carbons (Fsp3) is 0. The molecule has 0 spiro atoms. The van der Waals surface area contributed by atoms with Crippen LogP contribution in [-0.4, -0.2) is 17.1 Å². The van der Waals surface area contributed by atoms with Gasteiger partial charge in [-0.15, -0.1) is 0 Å². The predicted octanol–water partition coefficient (Wildman–Crippen LogP) is 0.616. The number of hydrogen-bond donors (Lipinski definition) is 2. The fourth-order valence-corrected chi connectivity index (χ4v) is 1.45. The first-order valence-corrected chi connectivity index (χ1v) is 7.40. The van der Waals surface area contributed by atoms with E-state index in [1.807, 2.05) is 0 Å². The zero-order valence-electron chi connectivity index (χ0n) is 7.96. The van der Waals surface area contributed by atoms with Crippen LogP contribution < -0.4 is 0 Å². The van der Waals surface area contributed by atoms with Crippen molar-refractivity contribution in [2.75, 3.05) is 0 Å². The molecular formula is C6H6CrN2O7S. The third-order valence-electron chi connectivity index (χ3n) is 1.42. The Labute approximate surface area is 97.8 Å². The minimum absolute atomic E-state index is 0.0682. The summed E-state index contributed by atoms with van der Waals surface area (Å²) in [7, 11) is -4.30. The van der Waals surface area contributed by atoms with E-state index >= 15 is 0 Å². The predicted molar refractivity (Wildman–Crippen MR) is 45.4 cm³/mol. The molecule has 0 atom stereocenters. The Morgan fingerprint density at radius 1 is 1.18 bits per heavy atom. The summed E-state index contributed by atoms with van der Waals surface area (Å²) in [6.45, 7) is 0. The molecule has 0 aliphatic heterocycles. The average molecular weight is 302 g/mol. The second-order valence-corrected chi connectivity index (χ2v) is 5.64. The van der Waals surface area contributed by atoms with Crippen molar-refractivity contribution in [3.63, 3.8) is 0 Å². The monoisotopic (exact) mass is 302 g/mol. The van der Waals surface area contributed by atoms with Crippen LogP contribution >= 0.6 is 0 Å². The standard InChI is InChI=1S/C6H6N2O4S.Cr.H2O.2O/c9-8-7-5-1-3-6(4-2-5)13(10,11)12;;;;/h1-4H,(H,7,9)(H,10,11,12);;1H2;;/q;+2;;;/p-2. The Bertz CT molecular complexity index is 619. The van der Waals surface area contributed by atoms with Crippen molar-refractivity contribution < 1.29 is 42.2 Å². The fourth-order valence-electron chi connectivity index (χ4n) is 0.791. The first kappa shape index (κ1) is 13.7. The second-order valence-electron chi connectivity index (χ2n) is 2.65. The number of hydrogen-bond acceptors (Lipinski definition) is 7. The SMILES string of the molecule is O=S(=O)(O)c1ccc(N=N[O][Cr](=[O])(=[O])[OH])cc1. The molecule has 11 heteroatoms. The van der Waals surface area contributed by atoms with Crippen LogP contribution in [0.3, 0.4) is 0 Å². The van der Waals surface area contributed by atoms with Crippen LogP contribution in [0.5, 0.6) is 0 Å². The Hall–Kier alpha value is -1.38. The molecule has 17 heavy (non-hydrogen) atoms. The van der Waals surface area contributed by atoms with Crippen LogP contribution in [0.1, 0.15) is 0 Å². The van der Waals surface area contributed by atoms with Gasteiger partial charge < -0.3 is 0 Å². The van der Waals surface area contributed by atoms with Crippen molar-refractivity contribution >= 4 is 15.8 Å². The Morgan fingerprint density at radius 2 is 1.71 bits per heavy atom. The molecule has 94 valence electrons. The number of nitrogens with zero attached hydrogens (tertiary/aromatic N) is 2. The second kappa shape index (κ2) is 4.86. The first-order chi connectivity index (χ1) is 7.68. The summed E-state index contributed by atoms with van der Waals surface area (Å²) < 4.78 is 62.1. The van der Waals surface area contributed by atoms with Crippen LogP contribution in [0.4, 0.5) is 5.69 Å². The molecule has 0 aliphatic rings. The van der Waals surface area contributed by atoms with Crippen LogP contribution in [0.25, 0.3) is 0 Å². The maximum absolute atomic E-state index is 10.7. The molecule has 0 saturated heterocycles. The third kappa shape index (κ3) is 4.98. The average Bonchev–Trinajstić information content (AvgIpc) is 2.15. The van der Waals surface area contributed by atoms with E-state index < -0.39 is 23.7 Å². The summed E-state index contributed by atoms with van der Waals surface area (Å²) in [6, 6.07) is 4.36. The van der Waals surface area contributed by atoms with E-state index in [0.29, 0.717) is 0 Å². The van der Waals surface area contributed by atoms with Crippen LogP contribution in [0.15, 0.2) is 39.6 Å². The Balaban J connectivity index is 2.83. The topological polar surface area (TPSA) is 143 Å². The summed E-state index contributed by atoms with van der Waals surface area (Å²) in [4.78, 5) is -0.350. The van der Waals surface area contributed by atoms with Crippen LogP contribution in [-0.2, 0) is 35.2 Å². The number of rotatable bonds is 4. The third-order valence-corrected chi connectivity index (χ3v) is 2.68. The van der Waals surface area contributed by atoms with Crippen molar-refractivity contribution in [2.24, 2.45) is 10.4 Å². The van der Waals surface area contributed by atoms with Gasteiger partial charge in [0, 0.05) is 0 Å². The van der Waals surface area contributed by atoms with Crippen molar-refractivity contribution in [2.45, 2.75) is 4.90 Å². The summed E-state index contributed by atoms with van der Waals surface area (Å²) in [5.74, 6) is 0. The van der Waals surface area contributed by atoms with E-state index in [1.165, 1.54) is 0 Å². The van der Waals surface area contributed by atoms with Gasteiger partial charge in [-0.25, -0.2) is 0 Å². The minimum atomic E-state index is -5.41. The first-order valence-electron chi connectivity index (χ1n) is 3.83. The van der Waals surface area contributed by atoms with Gasteiger partial charge in [-0.05, 0) is 0 Å². The van der Waals surface area contributed by atoms with E-state index in [2.05, 4.69) is 14.3 Å². The van der Waals surface area contributed by atoms with Gasteiger partial charge >= 0.3 is 97.6 Å². The molecule has 0 aromatic heterocycles. The molecule has 1 aromatic rings. The molecule has 0 bridgehead atoms. The molecule has 0 heterocycles. The molecule has 0 unspecified atom stereocenters. The molecule has 0 fully saturated rings. The molecule has 1 aromatic carbocycles. The molecule has 9 nitrogen and oxygen atoms in total. The van der Waals surface area contributed by atoms with Gasteiger partial charge in [0.25, 0.3) is 0 Å². The van der Waals surface area contributed by atoms with Gasteiger partial charge in [0.1, 0.15) is 0 Å². The van der Waals surface area contributed by atoms with E-state index in [1.54, 1.807) is 0 Å². The molecule has 1 rings (SSSR count). The van der Waals surface area contributed by atoms with Crippen molar-refractivity contribution in [3.05, 3.63) is 24.3 Å². The molecular weight excluding hydrogens is 296 g/mol. The van der Waals surface area contributed by atoms with Gasteiger partial charge in [0.05, 0.1) is 0 Å².